The SMILES string of the molecule is CCOCc1nc(N)cc(NCCc2ccccc2C)n1. The molecule has 21 heavy (non-hydrogen) atoms. The summed E-state index contributed by atoms with van der Waals surface area (Å²) in [4.78, 5) is 8.55. The van der Waals surface area contributed by atoms with Gasteiger partial charge in [0.25, 0.3) is 0 Å². The molecule has 5 heteroatoms. The van der Waals surface area contributed by atoms with E-state index >= 15 is 0 Å². The van der Waals surface area contributed by atoms with E-state index in [4.69, 9.17) is 10.5 Å². The largest absolute Gasteiger partial charge is 0.384 e. The molecule has 0 aliphatic heterocycles. The van der Waals surface area contributed by atoms with E-state index in [0.29, 0.717) is 24.9 Å². The monoisotopic (exact) mass is 286 g/mol. The zero-order chi connectivity index (χ0) is 15.1. The van der Waals surface area contributed by atoms with E-state index in [1.165, 1.54) is 11.1 Å². The van der Waals surface area contributed by atoms with Gasteiger partial charge in [0.15, 0.2) is 5.82 Å². The first-order chi connectivity index (χ1) is 10.2. The van der Waals surface area contributed by atoms with E-state index in [0.717, 1.165) is 18.8 Å². The summed E-state index contributed by atoms with van der Waals surface area (Å²) >= 11 is 0. The average molecular weight is 286 g/mol. The molecule has 2 aromatic rings. The fourth-order valence-corrected chi connectivity index (χ4v) is 2.08. The third kappa shape index (κ3) is 4.72. The van der Waals surface area contributed by atoms with Gasteiger partial charge in [-0.1, -0.05) is 24.3 Å². The van der Waals surface area contributed by atoms with Gasteiger partial charge >= 0.3 is 0 Å². The number of nitrogens with zero attached hydrogens (tertiary/aromatic N) is 2. The summed E-state index contributed by atoms with van der Waals surface area (Å²) in [5.41, 5.74) is 8.43. The third-order valence-electron chi connectivity index (χ3n) is 3.19. The van der Waals surface area contributed by atoms with Crippen molar-refractivity contribution in [2.45, 2.75) is 26.9 Å². The van der Waals surface area contributed by atoms with E-state index in [9.17, 15) is 0 Å². The first-order valence-electron chi connectivity index (χ1n) is 7.18. The standard InChI is InChI=1S/C16H22N4O/c1-3-21-11-16-19-14(17)10-15(20-16)18-9-8-13-7-5-4-6-12(13)2/h4-7,10H,3,8-9,11H2,1-2H3,(H3,17,18,19,20). The second-order valence-corrected chi connectivity index (χ2v) is 4.83. The molecule has 0 radical (unpaired) electrons. The fourth-order valence-electron chi connectivity index (χ4n) is 2.08. The Labute approximate surface area is 125 Å². The van der Waals surface area contributed by atoms with Crippen molar-refractivity contribution in [2.75, 3.05) is 24.2 Å². The molecular formula is C16H22N4O. The van der Waals surface area contributed by atoms with Gasteiger partial charge in [-0.3, -0.25) is 0 Å². The zero-order valence-electron chi connectivity index (χ0n) is 12.6. The van der Waals surface area contributed by atoms with Gasteiger partial charge in [-0.15, -0.1) is 0 Å². The zero-order valence-corrected chi connectivity index (χ0v) is 12.6. The van der Waals surface area contributed by atoms with E-state index in [-0.39, 0.29) is 0 Å². The summed E-state index contributed by atoms with van der Waals surface area (Å²) in [6.45, 7) is 5.88. The lowest BCUT2D eigenvalue weighted by Crippen LogP contribution is -2.10. The average Bonchev–Trinajstić information content (AvgIpc) is 2.47. The summed E-state index contributed by atoms with van der Waals surface area (Å²) < 4.78 is 5.31. The molecule has 0 unspecified atom stereocenters. The molecule has 0 amide bonds. The van der Waals surface area contributed by atoms with Crippen LogP contribution in [0.25, 0.3) is 0 Å². The fraction of sp³-hybridized carbons (Fsp3) is 0.375. The van der Waals surface area contributed by atoms with Crippen molar-refractivity contribution in [1.82, 2.24) is 9.97 Å². The lowest BCUT2D eigenvalue weighted by atomic mass is 10.1. The molecule has 5 nitrogen and oxygen atoms in total. The van der Waals surface area contributed by atoms with Crippen molar-refractivity contribution in [1.29, 1.82) is 0 Å². The summed E-state index contributed by atoms with van der Waals surface area (Å²) in [5, 5.41) is 3.29. The maximum atomic E-state index is 5.79. The lowest BCUT2D eigenvalue weighted by Gasteiger charge is -2.09. The Hall–Kier alpha value is -2.14. The van der Waals surface area contributed by atoms with Crippen LogP contribution in [-0.2, 0) is 17.8 Å². The van der Waals surface area contributed by atoms with Crippen LogP contribution in [0.5, 0.6) is 0 Å². The molecule has 0 saturated carbocycles. The Morgan fingerprint density at radius 1 is 1.24 bits per heavy atom. The van der Waals surface area contributed by atoms with E-state index < -0.39 is 0 Å². The third-order valence-corrected chi connectivity index (χ3v) is 3.19. The maximum absolute atomic E-state index is 5.79. The van der Waals surface area contributed by atoms with Gasteiger partial charge in [-0.25, -0.2) is 9.97 Å². The topological polar surface area (TPSA) is 73.1 Å². The number of ether oxygens (including phenoxy) is 1. The van der Waals surface area contributed by atoms with Gasteiger partial charge in [0, 0.05) is 19.2 Å². The second-order valence-electron chi connectivity index (χ2n) is 4.83. The van der Waals surface area contributed by atoms with Crippen molar-refractivity contribution in [2.24, 2.45) is 0 Å². The highest BCUT2D eigenvalue weighted by Gasteiger charge is 2.03. The molecule has 1 aromatic carbocycles. The number of hydrogen-bond donors (Lipinski definition) is 2. The highest BCUT2D eigenvalue weighted by molar-refractivity contribution is 5.44. The Bertz CT molecular complexity index is 586. The molecule has 0 spiro atoms. The molecule has 0 atom stereocenters. The minimum Gasteiger partial charge on any atom is -0.384 e. The first-order valence-corrected chi connectivity index (χ1v) is 7.18. The lowest BCUT2D eigenvalue weighted by molar-refractivity contribution is 0.128. The number of aryl methyl sites for hydroxylation is 1. The van der Waals surface area contributed by atoms with Crippen molar-refractivity contribution >= 4 is 11.6 Å². The number of benzene rings is 1. The van der Waals surface area contributed by atoms with Crippen molar-refractivity contribution in [3.8, 4) is 0 Å². The highest BCUT2D eigenvalue weighted by atomic mass is 16.5. The van der Waals surface area contributed by atoms with Crippen LogP contribution in [0.1, 0.15) is 23.9 Å². The molecule has 1 heterocycles. The molecular weight excluding hydrogens is 264 g/mol. The van der Waals surface area contributed by atoms with Crippen LogP contribution in [0.4, 0.5) is 11.6 Å². The van der Waals surface area contributed by atoms with E-state index in [1.54, 1.807) is 6.07 Å². The Balaban J connectivity index is 1.93. The highest BCUT2D eigenvalue weighted by Crippen LogP contribution is 2.11. The quantitative estimate of drug-likeness (QED) is 0.818. The number of nitrogen functional groups attached to an aromatic ring is 1. The summed E-state index contributed by atoms with van der Waals surface area (Å²) in [7, 11) is 0. The summed E-state index contributed by atoms with van der Waals surface area (Å²) in [6.07, 6.45) is 0.942. The van der Waals surface area contributed by atoms with Gasteiger partial charge in [-0.2, -0.15) is 0 Å². The van der Waals surface area contributed by atoms with Crippen molar-refractivity contribution in [3.05, 3.63) is 47.3 Å². The van der Waals surface area contributed by atoms with Crippen LogP contribution in [0.15, 0.2) is 30.3 Å². The number of anilines is 2. The molecule has 3 N–H and O–H groups in total. The van der Waals surface area contributed by atoms with Crippen LogP contribution in [0.2, 0.25) is 0 Å². The molecule has 2 rings (SSSR count). The Morgan fingerprint density at radius 2 is 2.05 bits per heavy atom. The van der Waals surface area contributed by atoms with Gasteiger partial charge in [-0.05, 0) is 31.4 Å². The first kappa shape index (κ1) is 15.3. The number of aromatic nitrogens is 2. The van der Waals surface area contributed by atoms with E-state index in [2.05, 4.69) is 46.5 Å². The smallest absolute Gasteiger partial charge is 0.158 e. The van der Waals surface area contributed by atoms with Crippen molar-refractivity contribution < 1.29 is 4.74 Å². The number of hydrogen-bond acceptors (Lipinski definition) is 5. The molecule has 0 bridgehead atoms. The maximum Gasteiger partial charge on any atom is 0.158 e. The minimum absolute atomic E-state index is 0.383. The van der Waals surface area contributed by atoms with Crippen LogP contribution < -0.4 is 11.1 Å². The predicted octanol–water partition coefficient (Wildman–Crippen LogP) is 2.56. The molecule has 0 aliphatic carbocycles. The summed E-state index contributed by atoms with van der Waals surface area (Å²) in [6, 6.07) is 10.1. The van der Waals surface area contributed by atoms with Crippen molar-refractivity contribution in [3.63, 3.8) is 0 Å². The van der Waals surface area contributed by atoms with Crippen LogP contribution in [-0.4, -0.2) is 23.1 Å². The van der Waals surface area contributed by atoms with E-state index in [1.807, 2.05) is 6.92 Å². The number of nitrogens with two attached hydrogens (primary N) is 1. The molecule has 112 valence electrons. The normalized spacial score (nSPS) is 10.6. The summed E-state index contributed by atoms with van der Waals surface area (Å²) in [5.74, 6) is 1.80. The van der Waals surface area contributed by atoms with Crippen LogP contribution >= 0.6 is 0 Å². The molecule has 1 aromatic heterocycles. The number of nitrogens with one attached hydrogen (secondary N) is 1. The number of rotatable bonds is 7. The second kappa shape index (κ2) is 7.59. The van der Waals surface area contributed by atoms with Crippen LogP contribution in [0.3, 0.4) is 0 Å². The van der Waals surface area contributed by atoms with Gasteiger partial charge < -0.3 is 15.8 Å². The Kier molecular flexibility index (Phi) is 5.51. The molecule has 0 fully saturated rings. The molecule has 0 saturated heterocycles. The predicted molar refractivity (Wildman–Crippen MR) is 85.1 cm³/mol. The van der Waals surface area contributed by atoms with Gasteiger partial charge in [0.1, 0.15) is 18.2 Å². The van der Waals surface area contributed by atoms with Gasteiger partial charge in [0.05, 0.1) is 0 Å². The van der Waals surface area contributed by atoms with Crippen LogP contribution in [0, 0.1) is 6.92 Å². The Morgan fingerprint density at radius 3 is 2.81 bits per heavy atom. The molecule has 0 aliphatic rings. The van der Waals surface area contributed by atoms with Gasteiger partial charge in [0.2, 0.25) is 0 Å². The minimum atomic E-state index is 0.383.